The molecule has 1 aromatic rings. The Morgan fingerprint density at radius 3 is 2.48 bits per heavy atom. The van der Waals surface area contributed by atoms with Gasteiger partial charge in [-0.05, 0) is 34.0 Å². The molecule has 0 aromatic carbocycles. The van der Waals surface area contributed by atoms with E-state index in [0.717, 1.165) is 36.5 Å². The maximum Gasteiger partial charge on any atom is 0.227 e. The number of nitrogens with two attached hydrogens (primary N) is 1. The van der Waals surface area contributed by atoms with Gasteiger partial charge in [0.05, 0.1) is 5.92 Å². The molecule has 2 rings (SSSR count). The summed E-state index contributed by atoms with van der Waals surface area (Å²) in [6.07, 6.45) is 1.80. The van der Waals surface area contributed by atoms with E-state index in [0.29, 0.717) is 6.54 Å². The number of carbonyl (C=O) groups excluding carboxylic acids is 1. The molecule has 5 nitrogen and oxygen atoms in total. The number of pyridine rings is 1. The van der Waals surface area contributed by atoms with Crippen molar-refractivity contribution in [1.29, 1.82) is 0 Å². The van der Waals surface area contributed by atoms with Crippen LogP contribution in [-0.4, -0.2) is 48.5 Å². The van der Waals surface area contributed by atoms with Crippen molar-refractivity contribution in [2.24, 2.45) is 17.6 Å². The van der Waals surface area contributed by atoms with E-state index >= 15 is 0 Å². The number of hydrogen-bond acceptors (Lipinski definition) is 4. The molecule has 1 aliphatic heterocycles. The number of carbonyl (C=O) groups is 1. The van der Waals surface area contributed by atoms with Gasteiger partial charge in [0, 0.05) is 43.4 Å². The molecule has 1 aromatic heterocycles. The second kappa shape index (κ2) is 7.22. The van der Waals surface area contributed by atoms with Gasteiger partial charge in [-0.2, -0.15) is 0 Å². The third-order valence-corrected chi connectivity index (χ3v) is 4.47. The Hall–Kier alpha value is -1.14. The molecule has 6 heteroatoms. The number of hydrogen-bond donors (Lipinski definition) is 1. The highest BCUT2D eigenvalue weighted by Gasteiger charge is 2.28. The normalized spacial score (nSPS) is 17.2. The first-order valence-corrected chi connectivity index (χ1v) is 8.17. The molecule has 0 spiro atoms. The number of nitrogens with zero attached hydrogens (tertiary/aromatic N) is 3. The number of amides is 1. The highest BCUT2D eigenvalue weighted by molar-refractivity contribution is 9.10. The highest BCUT2D eigenvalue weighted by atomic mass is 79.9. The number of piperazine rings is 1. The monoisotopic (exact) mass is 354 g/mol. The number of anilines is 1. The molecule has 1 amide bonds. The van der Waals surface area contributed by atoms with Gasteiger partial charge in [0.2, 0.25) is 5.91 Å². The van der Waals surface area contributed by atoms with Crippen molar-refractivity contribution in [2.45, 2.75) is 13.8 Å². The fourth-order valence-corrected chi connectivity index (χ4v) is 2.84. The van der Waals surface area contributed by atoms with Crippen LogP contribution in [0.1, 0.15) is 13.8 Å². The van der Waals surface area contributed by atoms with Gasteiger partial charge < -0.3 is 15.5 Å². The summed E-state index contributed by atoms with van der Waals surface area (Å²) in [6, 6.07) is 3.99. The van der Waals surface area contributed by atoms with Crippen molar-refractivity contribution in [2.75, 3.05) is 37.6 Å². The predicted molar refractivity (Wildman–Crippen MR) is 88.1 cm³/mol. The summed E-state index contributed by atoms with van der Waals surface area (Å²) < 4.78 is 0.975. The van der Waals surface area contributed by atoms with Gasteiger partial charge in [0.1, 0.15) is 5.82 Å². The summed E-state index contributed by atoms with van der Waals surface area (Å²) in [5.74, 6) is 1.37. The molecule has 1 aliphatic rings. The first-order chi connectivity index (χ1) is 10.0. The lowest BCUT2D eigenvalue weighted by atomic mass is 9.94. The minimum atomic E-state index is -0.0673. The van der Waals surface area contributed by atoms with Gasteiger partial charge in [-0.15, -0.1) is 0 Å². The topological polar surface area (TPSA) is 62.5 Å². The fourth-order valence-electron chi connectivity index (χ4n) is 2.60. The van der Waals surface area contributed by atoms with Crippen LogP contribution in [0.4, 0.5) is 5.82 Å². The smallest absolute Gasteiger partial charge is 0.227 e. The molecule has 1 fully saturated rings. The quantitative estimate of drug-likeness (QED) is 0.894. The standard InChI is InChI=1S/C15H23BrN4O/c1-11(2)13(9-17)15(21)20-7-5-19(6-8-20)14-4-3-12(16)10-18-14/h3-4,10-11,13H,5-9,17H2,1-2H3. The average molecular weight is 355 g/mol. The van der Waals surface area contributed by atoms with Crippen molar-refractivity contribution in [3.05, 3.63) is 22.8 Å². The highest BCUT2D eigenvalue weighted by Crippen LogP contribution is 2.19. The third kappa shape index (κ3) is 3.95. The largest absolute Gasteiger partial charge is 0.353 e. The van der Waals surface area contributed by atoms with Gasteiger partial charge >= 0.3 is 0 Å². The van der Waals surface area contributed by atoms with Crippen LogP contribution in [0, 0.1) is 11.8 Å². The summed E-state index contributed by atoms with van der Waals surface area (Å²) in [7, 11) is 0. The molecule has 0 aliphatic carbocycles. The van der Waals surface area contributed by atoms with Crippen LogP contribution in [0.25, 0.3) is 0 Å². The molecule has 0 saturated carbocycles. The SMILES string of the molecule is CC(C)C(CN)C(=O)N1CCN(c2ccc(Br)cn2)CC1. The van der Waals surface area contributed by atoms with E-state index in [4.69, 9.17) is 5.73 Å². The zero-order valence-corrected chi connectivity index (χ0v) is 14.2. The van der Waals surface area contributed by atoms with Crippen molar-refractivity contribution >= 4 is 27.7 Å². The van der Waals surface area contributed by atoms with Crippen LogP contribution in [0.2, 0.25) is 0 Å². The molecule has 0 radical (unpaired) electrons. The van der Waals surface area contributed by atoms with E-state index in [2.05, 4.69) is 39.7 Å². The lowest BCUT2D eigenvalue weighted by Crippen LogP contribution is -2.52. The van der Waals surface area contributed by atoms with E-state index in [1.54, 1.807) is 6.20 Å². The molecular formula is C15H23BrN4O. The van der Waals surface area contributed by atoms with E-state index in [-0.39, 0.29) is 17.7 Å². The van der Waals surface area contributed by atoms with E-state index < -0.39 is 0 Å². The summed E-state index contributed by atoms with van der Waals surface area (Å²) in [4.78, 5) is 21.0. The number of rotatable bonds is 4. The minimum Gasteiger partial charge on any atom is -0.353 e. The van der Waals surface area contributed by atoms with E-state index in [1.165, 1.54) is 0 Å². The molecule has 2 N–H and O–H groups in total. The Morgan fingerprint density at radius 1 is 1.33 bits per heavy atom. The summed E-state index contributed by atoms with van der Waals surface area (Å²) in [5, 5.41) is 0. The summed E-state index contributed by atoms with van der Waals surface area (Å²) in [6.45, 7) is 7.63. The summed E-state index contributed by atoms with van der Waals surface area (Å²) >= 11 is 3.39. The third-order valence-electron chi connectivity index (χ3n) is 4.00. The molecule has 21 heavy (non-hydrogen) atoms. The fraction of sp³-hybridized carbons (Fsp3) is 0.600. The average Bonchev–Trinajstić information content (AvgIpc) is 2.48. The van der Waals surface area contributed by atoms with Gasteiger partial charge in [0.25, 0.3) is 0 Å². The number of halogens is 1. The molecule has 1 atom stereocenters. The van der Waals surface area contributed by atoms with Crippen LogP contribution in [0.15, 0.2) is 22.8 Å². The molecule has 0 bridgehead atoms. The zero-order chi connectivity index (χ0) is 15.4. The van der Waals surface area contributed by atoms with Gasteiger partial charge in [-0.1, -0.05) is 13.8 Å². The molecular weight excluding hydrogens is 332 g/mol. The Morgan fingerprint density at radius 2 is 2.00 bits per heavy atom. The predicted octanol–water partition coefficient (Wildman–Crippen LogP) is 1.72. The molecule has 1 saturated heterocycles. The van der Waals surface area contributed by atoms with Crippen LogP contribution in [0.3, 0.4) is 0 Å². The van der Waals surface area contributed by atoms with Gasteiger partial charge in [0.15, 0.2) is 0 Å². The first kappa shape index (κ1) is 16.2. The van der Waals surface area contributed by atoms with Gasteiger partial charge in [-0.25, -0.2) is 4.98 Å². The van der Waals surface area contributed by atoms with Gasteiger partial charge in [-0.3, -0.25) is 4.79 Å². The van der Waals surface area contributed by atoms with Crippen LogP contribution < -0.4 is 10.6 Å². The van der Waals surface area contributed by atoms with Crippen molar-refractivity contribution in [3.8, 4) is 0 Å². The second-order valence-electron chi connectivity index (χ2n) is 5.73. The van der Waals surface area contributed by atoms with Crippen molar-refractivity contribution in [3.63, 3.8) is 0 Å². The maximum absolute atomic E-state index is 12.5. The first-order valence-electron chi connectivity index (χ1n) is 7.38. The lowest BCUT2D eigenvalue weighted by molar-refractivity contribution is -0.136. The number of aromatic nitrogens is 1. The zero-order valence-electron chi connectivity index (χ0n) is 12.6. The second-order valence-corrected chi connectivity index (χ2v) is 6.65. The van der Waals surface area contributed by atoms with Crippen LogP contribution in [-0.2, 0) is 4.79 Å². The van der Waals surface area contributed by atoms with Crippen molar-refractivity contribution in [1.82, 2.24) is 9.88 Å². The molecule has 116 valence electrons. The van der Waals surface area contributed by atoms with Crippen LogP contribution >= 0.6 is 15.9 Å². The minimum absolute atomic E-state index is 0.0673. The molecule has 1 unspecified atom stereocenters. The Kier molecular flexibility index (Phi) is 5.58. The Labute approximate surface area is 134 Å². The molecule has 2 heterocycles. The van der Waals surface area contributed by atoms with E-state index in [1.807, 2.05) is 17.0 Å². The van der Waals surface area contributed by atoms with E-state index in [9.17, 15) is 4.79 Å². The summed E-state index contributed by atoms with van der Waals surface area (Å²) in [5.41, 5.74) is 5.74. The van der Waals surface area contributed by atoms with Crippen molar-refractivity contribution < 1.29 is 4.79 Å². The lowest BCUT2D eigenvalue weighted by Gasteiger charge is -2.37. The Bertz CT molecular complexity index is 469. The van der Waals surface area contributed by atoms with Crippen LogP contribution in [0.5, 0.6) is 0 Å². The Balaban J connectivity index is 1.93. The maximum atomic E-state index is 12.5.